The topological polar surface area (TPSA) is 107 Å². The van der Waals surface area contributed by atoms with Crippen molar-refractivity contribution in [2.75, 3.05) is 26.7 Å². The zero-order chi connectivity index (χ0) is 22.8. The number of hydrogen-bond acceptors (Lipinski definition) is 6. The zero-order valence-corrected chi connectivity index (χ0v) is 18.6. The lowest BCUT2D eigenvalue weighted by Gasteiger charge is -2.32. The Morgan fingerprint density at radius 2 is 2.12 bits per heavy atom. The van der Waals surface area contributed by atoms with Gasteiger partial charge in [0.2, 0.25) is 11.8 Å². The minimum absolute atomic E-state index is 0.0300. The minimum atomic E-state index is -0.574. The fourth-order valence-electron chi connectivity index (χ4n) is 3.95. The molecule has 3 heterocycles. The Hall–Kier alpha value is -3.31. The molecule has 8 heteroatoms. The van der Waals surface area contributed by atoms with Gasteiger partial charge in [-0.3, -0.25) is 9.59 Å². The third-order valence-corrected chi connectivity index (χ3v) is 5.56. The maximum atomic E-state index is 12.1. The Morgan fingerprint density at radius 3 is 2.75 bits per heavy atom. The number of amides is 2. The third-order valence-electron chi connectivity index (χ3n) is 5.56. The molecule has 32 heavy (non-hydrogen) atoms. The average molecular weight is 437 g/mol. The maximum Gasteiger partial charge on any atom is 0.252 e. The van der Waals surface area contributed by atoms with Crippen LogP contribution in [-0.2, 0) is 4.79 Å². The van der Waals surface area contributed by atoms with Crippen LogP contribution in [0, 0.1) is 17.8 Å². The molecule has 2 fully saturated rings. The molecule has 2 aliphatic heterocycles. The molecule has 3 N–H and O–H groups in total. The SMILES string of the molecule is CC(C)Oc1cc2c(OCC3CCC(=O)N3)ncc(C#CC3CN(C)C3)c2cc1C(N)=O. The van der Waals surface area contributed by atoms with E-state index in [0.717, 1.165) is 24.9 Å². The number of fused-ring (bicyclic) bond motifs is 1. The average Bonchev–Trinajstić information content (AvgIpc) is 3.13. The van der Waals surface area contributed by atoms with Gasteiger partial charge in [0.25, 0.3) is 5.91 Å². The first-order valence-corrected chi connectivity index (χ1v) is 10.9. The summed E-state index contributed by atoms with van der Waals surface area (Å²) in [5.74, 6) is 7.06. The maximum absolute atomic E-state index is 12.1. The fourth-order valence-corrected chi connectivity index (χ4v) is 3.95. The van der Waals surface area contributed by atoms with Crippen molar-refractivity contribution in [3.63, 3.8) is 0 Å². The number of nitrogens with two attached hydrogens (primary N) is 1. The van der Waals surface area contributed by atoms with E-state index in [4.69, 9.17) is 15.2 Å². The van der Waals surface area contributed by atoms with E-state index in [1.807, 2.05) is 13.8 Å². The highest BCUT2D eigenvalue weighted by Gasteiger charge is 2.23. The number of hydrogen-bond donors (Lipinski definition) is 2. The molecule has 0 spiro atoms. The normalized spacial score (nSPS) is 18.8. The Bertz CT molecular complexity index is 1110. The van der Waals surface area contributed by atoms with Gasteiger partial charge in [-0.25, -0.2) is 4.98 Å². The molecule has 8 nitrogen and oxygen atoms in total. The smallest absolute Gasteiger partial charge is 0.252 e. The van der Waals surface area contributed by atoms with Crippen LogP contribution in [0.4, 0.5) is 0 Å². The number of primary amides is 1. The second-order valence-corrected chi connectivity index (χ2v) is 8.70. The Kier molecular flexibility index (Phi) is 6.19. The van der Waals surface area contributed by atoms with Crippen molar-refractivity contribution in [3.8, 4) is 23.5 Å². The molecule has 4 rings (SSSR count). The molecule has 1 aromatic heterocycles. The Balaban J connectivity index is 1.74. The lowest BCUT2D eigenvalue weighted by molar-refractivity contribution is -0.119. The van der Waals surface area contributed by atoms with Crippen LogP contribution in [0.1, 0.15) is 42.6 Å². The highest BCUT2D eigenvalue weighted by molar-refractivity contribution is 6.03. The number of carbonyl (C=O) groups excluding carboxylic acids is 2. The molecular formula is C24H28N4O4. The van der Waals surface area contributed by atoms with Gasteiger partial charge in [0.1, 0.15) is 12.4 Å². The fraction of sp³-hybridized carbons (Fsp3) is 0.458. The van der Waals surface area contributed by atoms with Gasteiger partial charge in [0.15, 0.2) is 0 Å². The van der Waals surface area contributed by atoms with E-state index in [-0.39, 0.29) is 23.6 Å². The summed E-state index contributed by atoms with van der Waals surface area (Å²) in [6, 6.07) is 3.40. The number of likely N-dealkylation sites (tertiary alicyclic amines) is 1. The lowest BCUT2D eigenvalue weighted by Crippen LogP contribution is -2.42. The first kappa shape index (κ1) is 21.9. The molecule has 2 aromatic rings. The van der Waals surface area contributed by atoms with Crippen LogP contribution >= 0.6 is 0 Å². The van der Waals surface area contributed by atoms with Crippen LogP contribution in [0.2, 0.25) is 0 Å². The molecule has 1 atom stereocenters. The molecule has 2 aliphatic rings. The van der Waals surface area contributed by atoms with Crippen LogP contribution in [0.25, 0.3) is 10.8 Å². The molecular weight excluding hydrogens is 408 g/mol. The van der Waals surface area contributed by atoms with E-state index in [0.29, 0.717) is 41.5 Å². The van der Waals surface area contributed by atoms with Gasteiger partial charge in [-0.15, -0.1) is 0 Å². The summed E-state index contributed by atoms with van der Waals surface area (Å²) in [6.07, 6.45) is 2.74. The molecule has 0 aliphatic carbocycles. The van der Waals surface area contributed by atoms with E-state index in [9.17, 15) is 9.59 Å². The largest absolute Gasteiger partial charge is 0.490 e. The third kappa shape index (κ3) is 4.78. The number of rotatable bonds is 6. The summed E-state index contributed by atoms with van der Waals surface area (Å²) in [5.41, 5.74) is 6.64. The van der Waals surface area contributed by atoms with Crippen molar-refractivity contribution in [3.05, 3.63) is 29.5 Å². The Labute approximate surface area is 187 Å². The van der Waals surface area contributed by atoms with Crippen molar-refractivity contribution in [1.82, 2.24) is 15.2 Å². The van der Waals surface area contributed by atoms with E-state index >= 15 is 0 Å². The molecule has 0 radical (unpaired) electrons. The molecule has 2 saturated heterocycles. The summed E-state index contributed by atoms with van der Waals surface area (Å²) in [6.45, 7) is 5.94. The monoisotopic (exact) mass is 436 g/mol. The van der Waals surface area contributed by atoms with E-state index in [1.54, 1.807) is 18.3 Å². The minimum Gasteiger partial charge on any atom is -0.490 e. The van der Waals surface area contributed by atoms with Crippen molar-refractivity contribution in [2.45, 2.75) is 38.8 Å². The van der Waals surface area contributed by atoms with Gasteiger partial charge in [0.05, 0.1) is 23.3 Å². The molecule has 0 bridgehead atoms. The summed E-state index contributed by atoms with van der Waals surface area (Å²) in [4.78, 5) is 30.3. The van der Waals surface area contributed by atoms with Crippen LogP contribution in [0.15, 0.2) is 18.3 Å². The summed E-state index contributed by atoms with van der Waals surface area (Å²) < 4.78 is 11.8. The number of aromatic nitrogens is 1. The number of ether oxygens (including phenoxy) is 2. The van der Waals surface area contributed by atoms with Crippen LogP contribution in [-0.4, -0.2) is 60.6 Å². The number of nitrogens with zero attached hydrogens (tertiary/aromatic N) is 2. The van der Waals surface area contributed by atoms with Crippen molar-refractivity contribution < 1.29 is 19.1 Å². The van der Waals surface area contributed by atoms with E-state index in [1.165, 1.54) is 0 Å². The molecule has 168 valence electrons. The van der Waals surface area contributed by atoms with Gasteiger partial charge < -0.3 is 25.4 Å². The number of nitrogens with one attached hydrogen (secondary N) is 1. The zero-order valence-electron chi connectivity index (χ0n) is 18.6. The predicted octanol–water partition coefficient (Wildman–Crippen LogP) is 1.69. The highest BCUT2D eigenvalue weighted by atomic mass is 16.5. The number of benzene rings is 1. The number of pyridine rings is 1. The van der Waals surface area contributed by atoms with E-state index in [2.05, 4.69) is 34.1 Å². The lowest BCUT2D eigenvalue weighted by atomic mass is 9.99. The second-order valence-electron chi connectivity index (χ2n) is 8.70. The van der Waals surface area contributed by atoms with Gasteiger partial charge >= 0.3 is 0 Å². The molecule has 2 amide bonds. The van der Waals surface area contributed by atoms with Crippen LogP contribution in [0.3, 0.4) is 0 Å². The standard InChI is InChI=1S/C24H28N4O4/c1-14(2)32-21-9-19-18(8-20(21)23(25)30)16(5-4-15-11-28(3)12-15)10-26-24(19)31-13-17-6-7-22(29)27-17/h8-10,14-15,17H,6-7,11-13H2,1-3H3,(H2,25,30)(H,27,29). The van der Waals surface area contributed by atoms with Gasteiger partial charge in [0, 0.05) is 42.4 Å². The quantitative estimate of drug-likeness (QED) is 0.668. The molecule has 1 unspecified atom stereocenters. The van der Waals surface area contributed by atoms with Crippen molar-refractivity contribution in [1.29, 1.82) is 0 Å². The first-order valence-electron chi connectivity index (χ1n) is 10.9. The molecule has 1 aromatic carbocycles. The van der Waals surface area contributed by atoms with Gasteiger partial charge in [-0.05, 0) is 39.4 Å². The summed E-state index contributed by atoms with van der Waals surface area (Å²) in [5, 5.41) is 4.31. The first-order chi connectivity index (χ1) is 15.3. The number of carbonyl (C=O) groups is 2. The summed E-state index contributed by atoms with van der Waals surface area (Å²) >= 11 is 0. The van der Waals surface area contributed by atoms with E-state index < -0.39 is 5.91 Å². The predicted molar refractivity (Wildman–Crippen MR) is 121 cm³/mol. The molecule has 0 saturated carbocycles. The van der Waals surface area contributed by atoms with Gasteiger partial charge in [-0.1, -0.05) is 11.8 Å². The van der Waals surface area contributed by atoms with Crippen LogP contribution < -0.4 is 20.5 Å². The Morgan fingerprint density at radius 1 is 1.34 bits per heavy atom. The van der Waals surface area contributed by atoms with Crippen molar-refractivity contribution in [2.24, 2.45) is 11.7 Å². The van der Waals surface area contributed by atoms with Gasteiger partial charge in [-0.2, -0.15) is 0 Å². The van der Waals surface area contributed by atoms with Crippen LogP contribution in [0.5, 0.6) is 11.6 Å². The summed E-state index contributed by atoms with van der Waals surface area (Å²) in [7, 11) is 2.06. The highest BCUT2D eigenvalue weighted by Crippen LogP contribution is 2.33. The second kappa shape index (κ2) is 9.05. The van der Waals surface area contributed by atoms with Crippen molar-refractivity contribution >= 4 is 22.6 Å².